The molecule has 0 aliphatic heterocycles. The molecule has 8 heteroatoms. The smallest absolute Gasteiger partial charge is 0.339 e. The molecule has 100 valence electrons. The molecule has 0 bridgehead atoms. The van der Waals surface area contributed by atoms with Crippen LogP contribution in [0.15, 0.2) is 22.2 Å². The van der Waals surface area contributed by atoms with Crippen LogP contribution < -0.4 is 5.56 Å². The molecular weight excluding hydrogens is 268 g/mol. The summed E-state index contributed by atoms with van der Waals surface area (Å²) in [6, 6.07) is 1.40. The third kappa shape index (κ3) is 3.02. The molecule has 2 heterocycles. The normalized spacial score (nSPS) is 10.6. The van der Waals surface area contributed by atoms with E-state index in [0.717, 1.165) is 0 Å². The molecule has 7 nitrogen and oxygen atoms in total. The molecule has 0 amide bonds. The second-order valence-corrected chi connectivity index (χ2v) is 4.88. The van der Waals surface area contributed by atoms with Crippen LogP contribution in [0, 0.1) is 6.92 Å². The first-order valence-electron chi connectivity index (χ1n) is 5.42. The van der Waals surface area contributed by atoms with Crippen molar-refractivity contribution in [1.82, 2.24) is 19.7 Å². The average Bonchev–Trinajstić information content (AvgIpc) is 2.67. The van der Waals surface area contributed by atoms with Crippen molar-refractivity contribution >= 4 is 17.7 Å². The number of carboxylic acid groups (broad SMARTS) is 1. The number of aromatic nitrogens is 4. The van der Waals surface area contributed by atoms with Crippen molar-refractivity contribution < 1.29 is 9.90 Å². The summed E-state index contributed by atoms with van der Waals surface area (Å²) in [6.45, 7) is 1.73. The van der Waals surface area contributed by atoms with Crippen LogP contribution in [0.4, 0.5) is 0 Å². The first-order chi connectivity index (χ1) is 8.97. The molecule has 2 aromatic rings. The number of hydrogen-bond donors (Lipinski definition) is 2. The van der Waals surface area contributed by atoms with Gasteiger partial charge in [0.25, 0.3) is 5.56 Å². The molecule has 19 heavy (non-hydrogen) atoms. The van der Waals surface area contributed by atoms with Gasteiger partial charge in [0.2, 0.25) is 0 Å². The summed E-state index contributed by atoms with van der Waals surface area (Å²) >= 11 is 1.26. The lowest BCUT2D eigenvalue weighted by molar-refractivity contribution is 0.0696. The fourth-order valence-corrected chi connectivity index (χ4v) is 2.57. The number of thioether (sulfide) groups is 1. The van der Waals surface area contributed by atoms with Crippen LogP contribution >= 0.6 is 11.8 Å². The first kappa shape index (κ1) is 13.3. The van der Waals surface area contributed by atoms with Crippen LogP contribution in [0.1, 0.15) is 21.7 Å². The number of rotatable bonds is 4. The summed E-state index contributed by atoms with van der Waals surface area (Å²) in [5.74, 6) is -0.653. The third-order valence-corrected chi connectivity index (χ3v) is 3.37. The van der Waals surface area contributed by atoms with E-state index in [9.17, 15) is 9.59 Å². The number of carboxylic acids is 1. The van der Waals surface area contributed by atoms with Crippen LogP contribution in [0.3, 0.4) is 0 Å². The Morgan fingerprint density at radius 3 is 2.95 bits per heavy atom. The van der Waals surface area contributed by atoms with Crippen molar-refractivity contribution in [3.05, 3.63) is 39.6 Å². The maximum atomic E-state index is 11.3. The lowest BCUT2D eigenvalue weighted by Gasteiger charge is -2.04. The van der Waals surface area contributed by atoms with Gasteiger partial charge in [0.1, 0.15) is 5.56 Å². The highest BCUT2D eigenvalue weighted by molar-refractivity contribution is 7.98. The fourth-order valence-electron chi connectivity index (χ4n) is 1.57. The van der Waals surface area contributed by atoms with Gasteiger partial charge in [-0.25, -0.2) is 9.78 Å². The van der Waals surface area contributed by atoms with Gasteiger partial charge >= 0.3 is 5.97 Å². The lowest BCUT2D eigenvalue weighted by Crippen LogP contribution is -2.09. The number of aryl methyl sites for hydroxylation is 2. The van der Waals surface area contributed by atoms with Crippen LogP contribution in [0.25, 0.3) is 0 Å². The Kier molecular flexibility index (Phi) is 3.70. The first-order valence-corrected chi connectivity index (χ1v) is 6.41. The SMILES string of the molecule is Cc1cc(=O)[nH]c(SCc2c(C(=O)O)cnn2C)n1. The van der Waals surface area contributed by atoms with E-state index in [-0.39, 0.29) is 11.1 Å². The van der Waals surface area contributed by atoms with Gasteiger partial charge in [0.05, 0.1) is 11.9 Å². The van der Waals surface area contributed by atoms with E-state index in [1.165, 1.54) is 28.7 Å². The maximum Gasteiger partial charge on any atom is 0.339 e. The van der Waals surface area contributed by atoms with Crippen LogP contribution in [0.2, 0.25) is 0 Å². The standard InChI is InChI=1S/C11H12N4O3S/c1-6-3-9(16)14-11(13-6)19-5-8-7(10(17)18)4-12-15(8)2/h3-4H,5H2,1-2H3,(H,17,18)(H,13,14,16). The maximum absolute atomic E-state index is 11.3. The van der Waals surface area contributed by atoms with Gasteiger partial charge < -0.3 is 10.1 Å². The summed E-state index contributed by atoms with van der Waals surface area (Å²) in [5.41, 5.74) is 1.12. The van der Waals surface area contributed by atoms with Crippen molar-refractivity contribution in [2.24, 2.45) is 7.05 Å². The number of nitrogens with one attached hydrogen (secondary N) is 1. The molecular formula is C11H12N4O3S. The fraction of sp³-hybridized carbons (Fsp3) is 0.273. The molecule has 0 aliphatic rings. The summed E-state index contributed by atoms with van der Waals surface area (Å²) in [4.78, 5) is 29.1. The Hall–Kier alpha value is -2.09. The summed E-state index contributed by atoms with van der Waals surface area (Å²) in [5, 5.41) is 13.4. The summed E-state index contributed by atoms with van der Waals surface area (Å²) in [7, 11) is 1.68. The molecule has 2 aromatic heterocycles. The second kappa shape index (κ2) is 5.27. The highest BCUT2D eigenvalue weighted by Gasteiger charge is 2.15. The van der Waals surface area contributed by atoms with E-state index in [1.54, 1.807) is 14.0 Å². The highest BCUT2D eigenvalue weighted by atomic mass is 32.2. The summed E-state index contributed by atoms with van der Waals surface area (Å²) in [6.07, 6.45) is 1.31. The molecule has 2 N–H and O–H groups in total. The van der Waals surface area contributed by atoms with Gasteiger partial charge in [-0.2, -0.15) is 5.10 Å². The van der Waals surface area contributed by atoms with Crippen molar-refractivity contribution in [2.45, 2.75) is 17.8 Å². The van der Waals surface area contributed by atoms with Gasteiger partial charge in [-0.05, 0) is 6.92 Å². The topological polar surface area (TPSA) is 101 Å². The van der Waals surface area contributed by atoms with E-state index in [1.807, 2.05) is 0 Å². The predicted molar refractivity (Wildman–Crippen MR) is 69.3 cm³/mol. The number of hydrogen-bond acceptors (Lipinski definition) is 5. The third-order valence-electron chi connectivity index (χ3n) is 2.49. The van der Waals surface area contributed by atoms with E-state index >= 15 is 0 Å². The van der Waals surface area contributed by atoms with Crippen molar-refractivity contribution in [3.8, 4) is 0 Å². The predicted octanol–water partition coefficient (Wildman–Crippen LogP) is 0.802. The number of H-pyrrole nitrogens is 1. The number of aromatic amines is 1. The van der Waals surface area contributed by atoms with Gasteiger partial charge in [0, 0.05) is 24.6 Å². The zero-order valence-electron chi connectivity index (χ0n) is 10.4. The zero-order chi connectivity index (χ0) is 14.0. The Bertz CT molecular complexity index is 677. The van der Waals surface area contributed by atoms with E-state index in [4.69, 9.17) is 5.11 Å². The minimum Gasteiger partial charge on any atom is -0.478 e. The summed E-state index contributed by atoms with van der Waals surface area (Å²) < 4.78 is 1.50. The Balaban J connectivity index is 2.21. The number of carbonyl (C=O) groups is 1. The molecule has 0 unspecified atom stereocenters. The average molecular weight is 280 g/mol. The minimum absolute atomic E-state index is 0.157. The molecule has 0 aliphatic carbocycles. The number of nitrogens with zero attached hydrogens (tertiary/aromatic N) is 3. The zero-order valence-corrected chi connectivity index (χ0v) is 11.2. The van der Waals surface area contributed by atoms with E-state index < -0.39 is 5.97 Å². The molecule has 0 saturated carbocycles. The monoisotopic (exact) mass is 280 g/mol. The van der Waals surface area contributed by atoms with E-state index in [0.29, 0.717) is 22.3 Å². The second-order valence-electron chi connectivity index (χ2n) is 3.91. The van der Waals surface area contributed by atoms with Crippen LogP contribution in [-0.2, 0) is 12.8 Å². The molecule has 0 saturated heterocycles. The molecule has 0 fully saturated rings. The van der Waals surface area contributed by atoms with Gasteiger partial charge in [-0.1, -0.05) is 11.8 Å². The van der Waals surface area contributed by atoms with Crippen LogP contribution in [-0.4, -0.2) is 30.8 Å². The lowest BCUT2D eigenvalue weighted by atomic mass is 10.3. The van der Waals surface area contributed by atoms with Crippen molar-refractivity contribution in [3.63, 3.8) is 0 Å². The Morgan fingerprint density at radius 2 is 2.32 bits per heavy atom. The van der Waals surface area contributed by atoms with E-state index in [2.05, 4.69) is 15.1 Å². The van der Waals surface area contributed by atoms with Crippen LogP contribution in [0.5, 0.6) is 0 Å². The Morgan fingerprint density at radius 1 is 1.58 bits per heavy atom. The van der Waals surface area contributed by atoms with Crippen molar-refractivity contribution in [1.29, 1.82) is 0 Å². The minimum atomic E-state index is -1.02. The Labute approximate surface area is 112 Å². The van der Waals surface area contributed by atoms with Crippen molar-refractivity contribution in [2.75, 3.05) is 0 Å². The molecule has 0 aromatic carbocycles. The molecule has 0 spiro atoms. The highest BCUT2D eigenvalue weighted by Crippen LogP contribution is 2.20. The quantitative estimate of drug-likeness (QED) is 0.634. The van der Waals surface area contributed by atoms with Gasteiger partial charge in [-0.3, -0.25) is 9.48 Å². The van der Waals surface area contributed by atoms with Gasteiger partial charge in [0.15, 0.2) is 5.16 Å². The van der Waals surface area contributed by atoms with Gasteiger partial charge in [-0.15, -0.1) is 0 Å². The largest absolute Gasteiger partial charge is 0.478 e. The molecule has 0 atom stereocenters. The molecule has 2 rings (SSSR count). The number of aromatic carboxylic acids is 1. The molecule has 0 radical (unpaired) electrons.